The van der Waals surface area contributed by atoms with Crippen molar-refractivity contribution in [1.29, 1.82) is 0 Å². The molecule has 2 aliphatic rings. The van der Waals surface area contributed by atoms with E-state index in [1.165, 1.54) is 130 Å². The van der Waals surface area contributed by atoms with Crippen LogP contribution < -0.4 is 4.90 Å². The number of hydrogen-bond donors (Lipinski definition) is 0. The molecule has 0 N–H and O–H groups in total. The molecule has 0 aliphatic heterocycles. The Morgan fingerprint density at radius 2 is 0.667 bits per heavy atom. The second-order valence-corrected chi connectivity index (χ2v) is 21.3. The van der Waals surface area contributed by atoms with E-state index in [0.29, 0.717) is 0 Å². The third-order valence-corrected chi connectivity index (χ3v) is 17.6. The van der Waals surface area contributed by atoms with E-state index >= 15 is 0 Å². The minimum atomic E-state index is -0.526. The van der Waals surface area contributed by atoms with Crippen molar-refractivity contribution < 1.29 is 0 Å². The normalized spacial score (nSPS) is 12.9. The summed E-state index contributed by atoms with van der Waals surface area (Å²) in [5.74, 6) is 0. The molecule has 2 heteroatoms. The molecule has 348 valence electrons. The van der Waals surface area contributed by atoms with Gasteiger partial charge in [0.25, 0.3) is 0 Å². The van der Waals surface area contributed by atoms with Gasteiger partial charge in [0.15, 0.2) is 0 Å². The van der Waals surface area contributed by atoms with Crippen LogP contribution in [0.15, 0.2) is 273 Å². The van der Waals surface area contributed by atoms with Gasteiger partial charge in [0.05, 0.1) is 11.1 Å². The minimum absolute atomic E-state index is 0.526. The zero-order valence-electron chi connectivity index (χ0n) is 40.8. The molecule has 0 bridgehead atoms. The Labute approximate surface area is 439 Å². The summed E-state index contributed by atoms with van der Waals surface area (Å²) in [6.45, 7) is 0. The van der Waals surface area contributed by atoms with Crippen LogP contribution in [-0.4, -0.2) is 0 Å². The molecule has 0 atom stereocenters. The molecule has 0 amide bonds. The summed E-state index contributed by atoms with van der Waals surface area (Å²) in [6.07, 6.45) is 0. The predicted molar refractivity (Wildman–Crippen MR) is 319 cm³/mol. The lowest BCUT2D eigenvalue weighted by atomic mass is 9.70. The molecule has 0 unspecified atom stereocenters. The average Bonchev–Trinajstić information content (AvgIpc) is 4.29. The highest BCUT2D eigenvalue weighted by Crippen LogP contribution is 2.64. The highest BCUT2D eigenvalue weighted by Gasteiger charge is 2.52. The maximum absolute atomic E-state index is 2.58. The molecular weight excluding hydrogens is 923 g/mol. The van der Waals surface area contributed by atoms with Gasteiger partial charge in [-0.25, -0.2) is 0 Å². The summed E-state index contributed by atoms with van der Waals surface area (Å²) < 4.78 is 2.59. The molecule has 14 aromatic rings. The van der Waals surface area contributed by atoms with Gasteiger partial charge in [0.2, 0.25) is 0 Å². The van der Waals surface area contributed by atoms with Gasteiger partial charge in [0.1, 0.15) is 0 Å². The van der Waals surface area contributed by atoms with Gasteiger partial charge in [-0.15, -0.1) is 11.3 Å². The van der Waals surface area contributed by atoms with E-state index in [4.69, 9.17) is 0 Å². The number of hydrogen-bond acceptors (Lipinski definition) is 2. The van der Waals surface area contributed by atoms with Gasteiger partial charge in [-0.2, -0.15) is 0 Å². The molecule has 16 rings (SSSR count). The number of rotatable bonds is 6. The summed E-state index contributed by atoms with van der Waals surface area (Å²) in [5.41, 5.74) is 20.4. The first-order valence-corrected chi connectivity index (χ1v) is 26.8. The van der Waals surface area contributed by atoms with Crippen molar-refractivity contribution in [2.45, 2.75) is 5.41 Å². The van der Waals surface area contributed by atoms with E-state index in [1.807, 2.05) is 11.3 Å². The van der Waals surface area contributed by atoms with E-state index in [2.05, 4.69) is 278 Å². The summed E-state index contributed by atoms with van der Waals surface area (Å²) >= 11 is 1.88. The first-order chi connectivity index (χ1) is 37.2. The van der Waals surface area contributed by atoms with Gasteiger partial charge in [-0.3, -0.25) is 0 Å². The average molecular weight is 968 g/mol. The van der Waals surface area contributed by atoms with Gasteiger partial charge in [-0.1, -0.05) is 224 Å². The second-order valence-electron chi connectivity index (χ2n) is 20.3. The quantitative estimate of drug-likeness (QED) is 0.150. The van der Waals surface area contributed by atoms with E-state index in [1.54, 1.807) is 0 Å². The largest absolute Gasteiger partial charge is 0.310 e. The highest BCUT2D eigenvalue weighted by molar-refractivity contribution is 7.25. The zero-order chi connectivity index (χ0) is 49.2. The van der Waals surface area contributed by atoms with Crippen LogP contribution in [0.1, 0.15) is 22.3 Å². The van der Waals surface area contributed by atoms with Crippen molar-refractivity contribution in [1.82, 2.24) is 0 Å². The standard InChI is InChI=1S/C73H45NS/c1-2-16-46(17-3-1)47-30-32-48(33-31-47)49-34-37-51(38-35-49)74(52-39-41-57-55-20-5-4-18-53(55)54-19-6-7-21-56(54)64(57)43-52)70-45-69-65(44-63(70)50-36-40-62-61-25-11-15-29-71(61)75-72(62)42-50)60-24-10-14-28-68(60)73(69)66-26-12-8-22-58(66)59-23-9-13-27-67(59)73/h1-45H. The smallest absolute Gasteiger partial charge is 0.0726 e. The van der Waals surface area contributed by atoms with Crippen molar-refractivity contribution in [2.75, 3.05) is 4.90 Å². The summed E-state index contributed by atoms with van der Waals surface area (Å²) in [5, 5.41) is 10.1. The number of fused-ring (bicyclic) bond motifs is 19. The molecule has 13 aromatic carbocycles. The van der Waals surface area contributed by atoms with Crippen LogP contribution in [0.5, 0.6) is 0 Å². The van der Waals surface area contributed by atoms with Crippen LogP contribution in [0, 0.1) is 0 Å². The Morgan fingerprint density at radius 1 is 0.240 bits per heavy atom. The monoisotopic (exact) mass is 967 g/mol. The lowest BCUT2D eigenvalue weighted by Gasteiger charge is -2.33. The number of benzene rings is 13. The van der Waals surface area contributed by atoms with Crippen LogP contribution in [0.3, 0.4) is 0 Å². The first-order valence-electron chi connectivity index (χ1n) is 26.0. The Bertz CT molecular complexity index is 4560. The van der Waals surface area contributed by atoms with Crippen LogP contribution in [0.25, 0.3) is 108 Å². The van der Waals surface area contributed by atoms with Crippen LogP contribution in [0.4, 0.5) is 17.1 Å². The van der Waals surface area contributed by atoms with Crippen molar-refractivity contribution in [3.05, 3.63) is 295 Å². The fourth-order valence-electron chi connectivity index (χ4n) is 13.2. The number of anilines is 3. The molecule has 75 heavy (non-hydrogen) atoms. The Balaban J connectivity index is 0.989. The SMILES string of the molecule is c1ccc(-c2ccc(-c3ccc(N(c4ccc5c6ccccc6c6ccccc6c5c4)c4cc5c(cc4-c4ccc6c(c4)sc4ccccc46)-c4ccccc4C54c5ccccc5-c5ccccc54)cc3)cc2)cc1. The summed E-state index contributed by atoms with van der Waals surface area (Å²) in [6, 6.07) is 102. The molecule has 0 saturated heterocycles. The minimum Gasteiger partial charge on any atom is -0.310 e. The zero-order valence-corrected chi connectivity index (χ0v) is 41.7. The van der Waals surface area contributed by atoms with E-state index in [9.17, 15) is 0 Å². The third-order valence-electron chi connectivity index (χ3n) is 16.5. The number of thiophene rings is 1. The van der Waals surface area contributed by atoms with E-state index in [-0.39, 0.29) is 0 Å². The maximum atomic E-state index is 2.58. The number of nitrogens with zero attached hydrogens (tertiary/aromatic N) is 1. The topological polar surface area (TPSA) is 3.24 Å². The Kier molecular flexibility index (Phi) is 9.19. The van der Waals surface area contributed by atoms with Crippen LogP contribution in [-0.2, 0) is 5.41 Å². The van der Waals surface area contributed by atoms with Gasteiger partial charge in [0, 0.05) is 37.1 Å². The molecule has 1 heterocycles. The van der Waals surface area contributed by atoms with E-state index in [0.717, 1.165) is 17.1 Å². The molecule has 1 spiro atoms. The van der Waals surface area contributed by atoms with Crippen LogP contribution >= 0.6 is 11.3 Å². The van der Waals surface area contributed by atoms with Crippen LogP contribution in [0.2, 0.25) is 0 Å². The molecule has 0 saturated carbocycles. The van der Waals surface area contributed by atoms with Crippen molar-refractivity contribution in [3.8, 4) is 55.6 Å². The van der Waals surface area contributed by atoms with Crippen molar-refractivity contribution in [2.24, 2.45) is 0 Å². The molecule has 1 aromatic heterocycles. The fourth-order valence-corrected chi connectivity index (χ4v) is 14.3. The Hall–Kier alpha value is -9.34. The van der Waals surface area contributed by atoms with E-state index < -0.39 is 5.41 Å². The van der Waals surface area contributed by atoms with Gasteiger partial charge < -0.3 is 4.90 Å². The maximum Gasteiger partial charge on any atom is 0.0726 e. The lowest BCUT2D eigenvalue weighted by molar-refractivity contribution is 0.794. The van der Waals surface area contributed by atoms with Gasteiger partial charge in [-0.05, 0) is 153 Å². The van der Waals surface area contributed by atoms with Crippen molar-refractivity contribution in [3.63, 3.8) is 0 Å². The molecule has 2 aliphatic carbocycles. The first kappa shape index (κ1) is 42.2. The predicted octanol–water partition coefficient (Wildman–Crippen LogP) is 20.3. The van der Waals surface area contributed by atoms with Gasteiger partial charge >= 0.3 is 0 Å². The summed E-state index contributed by atoms with van der Waals surface area (Å²) in [4.78, 5) is 2.56. The molecule has 0 fully saturated rings. The lowest BCUT2D eigenvalue weighted by Crippen LogP contribution is -2.26. The molecule has 1 nitrogen and oxygen atoms in total. The van der Waals surface area contributed by atoms with Crippen molar-refractivity contribution >= 4 is 80.9 Å². The fraction of sp³-hybridized carbons (Fsp3) is 0.0137. The highest BCUT2D eigenvalue weighted by atomic mass is 32.1. The Morgan fingerprint density at radius 3 is 1.28 bits per heavy atom. The molecule has 0 radical (unpaired) electrons. The third kappa shape index (κ3) is 6.18. The second kappa shape index (κ2) is 16.3. The molecular formula is C73H45NS. The summed E-state index contributed by atoms with van der Waals surface area (Å²) in [7, 11) is 0.